The topological polar surface area (TPSA) is 67.4 Å². The van der Waals surface area contributed by atoms with E-state index in [4.69, 9.17) is 4.74 Å². The van der Waals surface area contributed by atoms with Crippen molar-refractivity contribution in [3.05, 3.63) is 0 Å². The molecule has 0 spiro atoms. The fourth-order valence-electron chi connectivity index (χ4n) is 1.20. The van der Waals surface area contributed by atoms with Crippen LogP contribution in [0.4, 0.5) is 4.79 Å². The Labute approximate surface area is 110 Å². The summed E-state index contributed by atoms with van der Waals surface area (Å²) >= 11 is 0. The van der Waals surface area contributed by atoms with Gasteiger partial charge in [-0.25, -0.2) is 4.79 Å². The van der Waals surface area contributed by atoms with E-state index in [9.17, 15) is 9.59 Å². The van der Waals surface area contributed by atoms with Gasteiger partial charge in [0, 0.05) is 13.1 Å². The van der Waals surface area contributed by atoms with Crippen LogP contribution in [0, 0.1) is 5.92 Å². The van der Waals surface area contributed by atoms with Crippen LogP contribution in [0.3, 0.4) is 0 Å². The van der Waals surface area contributed by atoms with Crippen molar-refractivity contribution in [3.8, 4) is 0 Å². The molecule has 0 aliphatic rings. The third-order valence-corrected chi connectivity index (χ3v) is 2.68. The van der Waals surface area contributed by atoms with E-state index in [-0.39, 0.29) is 17.9 Å². The number of rotatable bonds is 9. The summed E-state index contributed by atoms with van der Waals surface area (Å²) in [6.45, 7) is 7.45. The van der Waals surface area contributed by atoms with Crippen LogP contribution in [0.5, 0.6) is 0 Å². The smallest absolute Gasteiger partial charge is 0.314 e. The maximum Gasteiger partial charge on any atom is 0.314 e. The predicted octanol–water partition coefficient (Wildman–Crippen LogP) is 2.07. The maximum atomic E-state index is 11.3. The van der Waals surface area contributed by atoms with Crippen LogP contribution in [0.2, 0.25) is 0 Å². The van der Waals surface area contributed by atoms with Crippen LogP contribution >= 0.6 is 0 Å². The van der Waals surface area contributed by atoms with Gasteiger partial charge in [-0.2, -0.15) is 0 Å². The van der Waals surface area contributed by atoms with Crippen molar-refractivity contribution in [3.63, 3.8) is 0 Å². The Morgan fingerprint density at radius 1 is 1.11 bits per heavy atom. The van der Waals surface area contributed by atoms with Gasteiger partial charge in [0.1, 0.15) is 0 Å². The van der Waals surface area contributed by atoms with E-state index in [1.54, 1.807) is 0 Å². The zero-order chi connectivity index (χ0) is 13.8. The molecule has 0 aromatic rings. The van der Waals surface area contributed by atoms with Gasteiger partial charge in [-0.05, 0) is 19.3 Å². The molecule has 0 aliphatic heterocycles. The second kappa shape index (κ2) is 10.9. The van der Waals surface area contributed by atoms with Gasteiger partial charge in [0.05, 0.1) is 12.5 Å². The van der Waals surface area contributed by atoms with Gasteiger partial charge >= 0.3 is 12.0 Å². The highest BCUT2D eigenvalue weighted by atomic mass is 16.5. The van der Waals surface area contributed by atoms with Gasteiger partial charge in [0.2, 0.25) is 0 Å². The molecule has 18 heavy (non-hydrogen) atoms. The van der Waals surface area contributed by atoms with Crippen molar-refractivity contribution in [2.75, 3.05) is 19.7 Å². The summed E-state index contributed by atoms with van der Waals surface area (Å²) in [7, 11) is 0. The molecule has 0 aromatic carbocycles. The van der Waals surface area contributed by atoms with Gasteiger partial charge in [-0.15, -0.1) is 0 Å². The number of carbonyl (C=O) groups excluding carboxylic acids is 2. The van der Waals surface area contributed by atoms with E-state index in [2.05, 4.69) is 17.6 Å². The largest absolute Gasteiger partial charge is 0.465 e. The summed E-state index contributed by atoms with van der Waals surface area (Å²) in [6.07, 6.45) is 3.48. The van der Waals surface area contributed by atoms with E-state index >= 15 is 0 Å². The molecule has 2 amide bonds. The Morgan fingerprint density at radius 3 is 2.28 bits per heavy atom. The maximum absolute atomic E-state index is 11.3. The third-order valence-electron chi connectivity index (χ3n) is 2.68. The summed E-state index contributed by atoms with van der Waals surface area (Å²) in [4.78, 5) is 22.6. The number of esters is 1. The zero-order valence-electron chi connectivity index (χ0n) is 11.8. The molecule has 106 valence electrons. The molecule has 0 rings (SSSR count). The first-order valence-corrected chi connectivity index (χ1v) is 6.80. The molecule has 5 heteroatoms. The predicted molar refractivity (Wildman–Crippen MR) is 71.3 cm³/mol. The average molecular weight is 258 g/mol. The van der Waals surface area contributed by atoms with E-state index in [0.717, 1.165) is 19.3 Å². The number of amides is 2. The van der Waals surface area contributed by atoms with Crippen LogP contribution in [0.25, 0.3) is 0 Å². The Morgan fingerprint density at radius 2 is 1.72 bits per heavy atom. The summed E-state index contributed by atoms with van der Waals surface area (Å²) in [6, 6.07) is -0.156. The van der Waals surface area contributed by atoms with Crippen LogP contribution < -0.4 is 10.6 Å². The van der Waals surface area contributed by atoms with E-state index in [1.165, 1.54) is 0 Å². The first-order valence-electron chi connectivity index (χ1n) is 6.80. The van der Waals surface area contributed by atoms with Crippen molar-refractivity contribution in [2.24, 2.45) is 5.92 Å². The van der Waals surface area contributed by atoms with Crippen molar-refractivity contribution >= 4 is 12.0 Å². The second-order valence-electron chi connectivity index (χ2n) is 4.37. The number of unbranched alkanes of at least 4 members (excludes halogenated alkanes) is 1. The van der Waals surface area contributed by atoms with Crippen molar-refractivity contribution in [2.45, 2.75) is 46.5 Å². The van der Waals surface area contributed by atoms with Gasteiger partial charge in [0.15, 0.2) is 0 Å². The molecule has 0 aliphatic carbocycles. The Hall–Kier alpha value is -1.26. The summed E-state index contributed by atoms with van der Waals surface area (Å²) < 4.78 is 5.06. The van der Waals surface area contributed by atoms with Crippen molar-refractivity contribution < 1.29 is 14.3 Å². The quantitative estimate of drug-likeness (QED) is 0.491. The molecule has 0 radical (unpaired) electrons. The number of hydrogen-bond donors (Lipinski definition) is 2. The summed E-state index contributed by atoms with van der Waals surface area (Å²) in [5.41, 5.74) is 0. The SMILES string of the molecule is CCCCNC(=O)NCCCOC(=O)C(C)CC. The molecular formula is C13H26N2O3. The van der Waals surface area contributed by atoms with E-state index in [1.807, 2.05) is 13.8 Å². The van der Waals surface area contributed by atoms with Crippen LogP contribution in [-0.4, -0.2) is 31.7 Å². The van der Waals surface area contributed by atoms with Gasteiger partial charge in [-0.3, -0.25) is 4.79 Å². The highest BCUT2D eigenvalue weighted by Gasteiger charge is 2.11. The lowest BCUT2D eigenvalue weighted by atomic mass is 10.1. The highest BCUT2D eigenvalue weighted by molar-refractivity contribution is 5.73. The first kappa shape index (κ1) is 16.7. The van der Waals surface area contributed by atoms with Gasteiger partial charge < -0.3 is 15.4 Å². The van der Waals surface area contributed by atoms with Crippen molar-refractivity contribution in [1.82, 2.24) is 10.6 Å². The minimum absolute atomic E-state index is 0.0460. The minimum atomic E-state index is -0.162. The molecule has 0 saturated carbocycles. The monoisotopic (exact) mass is 258 g/mol. The molecule has 0 heterocycles. The molecule has 1 unspecified atom stereocenters. The molecule has 5 nitrogen and oxygen atoms in total. The van der Waals surface area contributed by atoms with Gasteiger partial charge in [0.25, 0.3) is 0 Å². The Bertz CT molecular complexity index is 244. The second-order valence-corrected chi connectivity index (χ2v) is 4.37. The number of hydrogen-bond acceptors (Lipinski definition) is 3. The molecule has 0 saturated heterocycles. The number of carbonyl (C=O) groups is 2. The zero-order valence-corrected chi connectivity index (χ0v) is 11.8. The Kier molecular flexibility index (Phi) is 10.1. The average Bonchev–Trinajstić information content (AvgIpc) is 2.37. The molecule has 0 bridgehead atoms. The minimum Gasteiger partial charge on any atom is -0.465 e. The lowest BCUT2D eigenvalue weighted by Gasteiger charge is -2.10. The highest BCUT2D eigenvalue weighted by Crippen LogP contribution is 2.02. The number of urea groups is 1. The lowest BCUT2D eigenvalue weighted by Crippen LogP contribution is -2.36. The first-order chi connectivity index (χ1) is 8.61. The van der Waals surface area contributed by atoms with Gasteiger partial charge in [-0.1, -0.05) is 27.2 Å². The molecular weight excluding hydrogens is 232 g/mol. The fraction of sp³-hybridized carbons (Fsp3) is 0.846. The summed E-state index contributed by atoms with van der Waals surface area (Å²) in [5.74, 6) is -0.208. The fourth-order valence-corrected chi connectivity index (χ4v) is 1.20. The number of ether oxygens (including phenoxy) is 1. The molecule has 1 atom stereocenters. The van der Waals surface area contributed by atoms with Crippen molar-refractivity contribution in [1.29, 1.82) is 0 Å². The summed E-state index contributed by atoms with van der Waals surface area (Å²) in [5, 5.41) is 5.47. The molecule has 0 fully saturated rings. The Balaban J connectivity index is 3.39. The van der Waals surface area contributed by atoms with E-state index < -0.39 is 0 Å². The molecule has 0 aromatic heterocycles. The standard InChI is InChI=1S/C13H26N2O3/c1-4-6-8-14-13(17)15-9-7-10-18-12(16)11(3)5-2/h11H,4-10H2,1-3H3,(H2,14,15,17). The normalized spacial score (nSPS) is 11.7. The number of nitrogens with one attached hydrogen (secondary N) is 2. The van der Waals surface area contributed by atoms with Crippen LogP contribution in [-0.2, 0) is 9.53 Å². The lowest BCUT2D eigenvalue weighted by molar-refractivity contribution is -0.148. The van der Waals surface area contributed by atoms with Crippen LogP contribution in [0.1, 0.15) is 46.5 Å². The molecule has 2 N–H and O–H groups in total. The third kappa shape index (κ3) is 8.84. The van der Waals surface area contributed by atoms with Crippen LogP contribution in [0.15, 0.2) is 0 Å². The van der Waals surface area contributed by atoms with E-state index in [0.29, 0.717) is 26.1 Å².